The number of nitrogen functional groups attached to an aromatic ring is 4. The van der Waals surface area contributed by atoms with E-state index < -0.39 is 23.7 Å². The van der Waals surface area contributed by atoms with Crippen LogP contribution in [0.4, 0.5) is 32.8 Å². The summed E-state index contributed by atoms with van der Waals surface area (Å²) in [6, 6.07) is 24.8. The van der Waals surface area contributed by atoms with Gasteiger partial charge in [-0.2, -0.15) is 0 Å². The quantitative estimate of drug-likeness (QED) is 0.0452. The molecular formula is C75H90AlBLiN12O18S3. The minimum atomic E-state index is -0.527. The molecule has 4 aliphatic heterocycles. The number of phenols is 2. The van der Waals surface area contributed by atoms with Crippen LogP contribution in [0.5, 0.6) is 57.5 Å². The van der Waals surface area contributed by atoms with Crippen LogP contribution in [0.3, 0.4) is 0 Å². The molecular weight excluding hydrogens is 1500 g/mol. The smallest absolute Gasteiger partial charge is 1.00 e. The number of aliphatic hydroxyl groups is 4. The number of cyclic esters (lactones) is 2. The zero-order valence-corrected chi connectivity index (χ0v) is 63.8. The average molecular weight is 1590 g/mol. The number of esters is 2. The van der Waals surface area contributed by atoms with E-state index in [1.165, 1.54) is 62.4 Å². The molecule has 2 fully saturated rings. The molecule has 4 aromatic carbocycles. The summed E-state index contributed by atoms with van der Waals surface area (Å²) in [7, 11) is 6.37. The van der Waals surface area contributed by atoms with E-state index in [4.69, 9.17) is 83.2 Å². The second kappa shape index (κ2) is 40.3. The van der Waals surface area contributed by atoms with Crippen molar-refractivity contribution in [2.45, 2.75) is 70.2 Å². The number of aromatic nitrogens is 6. The summed E-state index contributed by atoms with van der Waals surface area (Å²) in [6.07, 6.45) is 6.96. The zero-order valence-electron chi connectivity index (χ0n) is 64.3. The summed E-state index contributed by atoms with van der Waals surface area (Å²) in [4.78, 5) is 51.1. The van der Waals surface area contributed by atoms with Gasteiger partial charge >= 0.3 is 30.8 Å². The first kappa shape index (κ1) is 83.5. The largest absolute Gasteiger partial charge is 1.00 e. The number of rotatable bonds is 17. The molecule has 0 saturated carbocycles. The number of aryl methyl sites for hydroxylation is 2. The average Bonchev–Trinajstić information content (AvgIpc) is 1.46. The van der Waals surface area contributed by atoms with Gasteiger partial charge in [0.15, 0.2) is 78.8 Å². The van der Waals surface area contributed by atoms with E-state index in [2.05, 4.69) is 47.5 Å². The number of aliphatic hydroxyl groups excluding tert-OH is 4. The van der Waals surface area contributed by atoms with E-state index in [1.54, 1.807) is 73.2 Å². The third kappa shape index (κ3) is 20.4. The maximum Gasteiger partial charge on any atom is 1.00 e. The fourth-order valence-electron chi connectivity index (χ4n) is 13.2. The standard InChI is InChI=1S/C27H26N2O8.C26H26N2O8S.C6H8N2O.C6H8N2.C5H8N2OS.C5H8N2S.Al.BH2.Li.4H/c1-33-20-5-14(6-21(34-2)26(20)31)23-15-7-18-19(37-12-36-18)8-16(15)25(17-11-35-27(32)24(17)23)29-22-4-3-13(10-30)9-28-22;1-32-19-5-12(6-20(33-2)24(19)30)21-14-7-17-18(36-11-35-17)8-15(14)23(16-9-34-25(31)22(16)21)28-26-27-13(3-4-29)10-37-26;7-6-2-1-5(4-9)3-8-6;1-5-2-3-6(7)8-4-5;6-5-7-4(1-2-8)3-9-5;1-2-4-3-8-5(6)7-4;;;;;;;/h3-9,17,23-25,30-31H,10-12H2,1-2H3,(H,28,29);5-8,10,16,21-23,29-30H,3-4,9,11H2,1-2H3,(H,27,28);1-3,9H,4H2,(H2,7,8);2-4H,1H3,(H2,7,8);3,8H,1-2H2,(H2,6,7);3H,2H2,1H3,(H2,6,7);;1H2;;;;;/q;;;;;;;;+1;;;;-1/t17-,23+,24-,25+;16-,21+,22-,23+;;;;;;;;;;;/m00.........../s1/i;;;;;;;1D2;;;;;. The number of nitrogens with zero attached hydrogens (tertiary/aromatic N) is 6. The van der Waals surface area contributed by atoms with Gasteiger partial charge in [-0.25, -0.2) is 29.9 Å². The molecule has 30 nitrogen and oxygen atoms in total. The number of methoxy groups -OCH3 is 4. The molecule has 16 N–H and O–H groups in total. The second-order valence-electron chi connectivity index (χ2n) is 25.1. The SMILES string of the molecule is CCc1csc(N)n1.COc1cc([C@@H]2c3cc4c(cc3[C@@H](Nc3ccc(CO)cn3)[C@H]3COC(=O)[C@H]23)OCO4)cc(OC)c1O.COc1cc([C@@H]2c3cc4c(cc3[C@@H](Nc3nc(CCO)cs3)[C@H]3COC(=O)[C@H]23)OCO4)cc(OC)c1O.Cc1ccc(N)nc1.Nc1ccc(CO)cn1.Nc1nc(CCO)cs1.[2H][B][2H].[AlH3].[H-].[Li+]. The van der Waals surface area contributed by atoms with Gasteiger partial charge in [-0.05, 0) is 133 Å². The molecule has 2 saturated heterocycles. The van der Waals surface area contributed by atoms with Gasteiger partial charge in [0.1, 0.15) is 17.5 Å². The van der Waals surface area contributed by atoms with Crippen LogP contribution in [0.25, 0.3) is 0 Å². The summed E-state index contributed by atoms with van der Waals surface area (Å²) in [5, 5.41) is 71.4. The number of nitrogens with one attached hydrogen (secondary N) is 2. The number of nitrogens with two attached hydrogens (primary N) is 4. The molecule has 6 aliphatic rings. The molecule has 0 unspecified atom stereocenters. The zero-order chi connectivity index (χ0) is 79.4. The Morgan fingerprint density at radius 3 is 1.32 bits per heavy atom. The number of thiazole rings is 3. The molecule has 0 spiro atoms. The van der Waals surface area contributed by atoms with Gasteiger partial charge in [-0.3, -0.25) is 9.59 Å². The first-order valence-electron chi connectivity index (χ1n) is 35.2. The molecule has 583 valence electrons. The van der Waals surface area contributed by atoms with Gasteiger partial charge in [-0.15, -0.1) is 34.0 Å². The number of ether oxygens (including phenoxy) is 10. The third-order valence-electron chi connectivity index (χ3n) is 18.4. The molecule has 0 amide bonds. The number of hydrogen-bond acceptors (Lipinski definition) is 33. The van der Waals surface area contributed by atoms with E-state index in [0.717, 1.165) is 68.0 Å². The number of pyridine rings is 3. The molecule has 10 heterocycles. The Kier molecular flexibility index (Phi) is 30.3. The normalized spacial score (nSPS) is 18.5. The van der Waals surface area contributed by atoms with Crippen LogP contribution in [0.1, 0.15) is 99.4 Å². The van der Waals surface area contributed by atoms with Crippen molar-refractivity contribution < 1.29 is 108 Å². The van der Waals surface area contributed by atoms with Crippen LogP contribution in [0.2, 0.25) is 0 Å². The number of phenolic OH excluding ortho intramolecular Hbond substituents is 2. The van der Waals surface area contributed by atoms with Crippen molar-refractivity contribution in [3.63, 3.8) is 0 Å². The van der Waals surface area contributed by atoms with Crippen LogP contribution in [-0.2, 0) is 51.5 Å². The Morgan fingerprint density at radius 2 is 0.955 bits per heavy atom. The summed E-state index contributed by atoms with van der Waals surface area (Å²) < 4.78 is 67.2. The molecule has 8 atom stereocenters. The van der Waals surface area contributed by atoms with Gasteiger partial charge in [0.2, 0.25) is 25.1 Å². The van der Waals surface area contributed by atoms with Crippen LogP contribution in [0.15, 0.2) is 120 Å². The molecule has 10 aromatic rings. The second-order valence-corrected chi connectivity index (χ2v) is 27.7. The van der Waals surface area contributed by atoms with Crippen LogP contribution in [0, 0.1) is 30.6 Å². The molecule has 16 rings (SSSR count). The van der Waals surface area contributed by atoms with Gasteiger partial charge in [-0.1, -0.05) is 25.1 Å². The number of anilines is 6. The van der Waals surface area contributed by atoms with Crippen molar-refractivity contribution in [1.29, 1.82) is 2.67 Å². The first-order valence-corrected chi connectivity index (χ1v) is 36.7. The number of carbonyl (C=O) groups is 2. The summed E-state index contributed by atoms with van der Waals surface area (Å²) >= 11 is 4.35. The Morgan fingerprint density at radius 1 is 0.550 bits per heavy atom. The van der Waals surface area contributed by atoms with Crippen LogP contribution >= 0.6 is 34.0 Å². The Bertz CT molecular complexity index is 4700. The Labute approximate surface area is 680 Å². The van der Waals surface area contributed by atoms with E-state index in [1.807, 2.05) is 53.4 Å². The van der Waals surface area contributed by atoms with Crippen molar-refractivity contribution in [3.8, 4) is 57.5 Å². The molecule has 36 heteroatoms. The molecule has 1 radical (unpaired) electrons. The number of benzene rings is 4. The third-order valence-corrected chi connectivity index (χ3v) is 20.7. The van der Waals surface area contributed by atoms with Crippen molar-refractivity contribution in [2.24, 2.45) is 23.7 Å². The minimum Gasteiger partial charge on any atom is -1.00 e. The number of hydrogen-bond donors (Lipinski definition) is 12. The van der Waals surface area contributed by atoms with Crippen molar-refractivity contribution >= 4 is 104 Å². The van der Waals surface area contributed by atoms with Crippen LogP contribution in [-0.4, -0.2) is 169 Å². The number of fused-ring (bicyclic) bond motifs is 6. The molecule has 6 aromatic heterocycles. The van der Waals surface area contributed by atoms with E-state index >= 15 is 0 Å². The minimum absolute atomic E-state index is 0. The van der Waals surface area contributed by atoms with Gasteiger partial charge in [0, 0.05) is 84.5 Å². The predicted octanol–water partition coefficient (Wildman–Crippen LogP) is 4.02. The van der Waals surface area contributed by atoms with Crippen molar-refractivity contribution in [1.82, 2.24) is 29.9 Å². The van der Waals surface area contributed by atoms with Gasteiger partial charge in [0.25, 0.3) is 0 Å². The van der Waals surface area contributed by atoms with Crippen LogP contribution < -0.4 is 90.3 Å². The van der Waals surface area contributed by atoms with E-state index in [-0.39, 0.29) is 161 Å². The van der Waals surface area contributed by atoms with Crippen molar-refractivity contribution in [3.05, 3.63) is 187 Å². The topological polar surface area (TPSA) is 453 Å². The maximum atomic E-state index is 13.2. The van der Waals surface area contributed by atoms with Gasteiger partial charge < -0.3 is 113 Å². The number of aromatic hydroxyl groups is 2. The predicted molar refractivity (Wildman–Crippen MR) is 424 cm³/mol. The van der Waals surface area contributed by atoms with E-state index in [0.29, 0.717) is 82.6 Å². The monoisotopic (exact) mass is 1590 g/mol. The fraction of sp³-hybridized carbons (Fsp3) is 0.333. The first-order chi connectivity index (χ1) is 53.7. The van der Waals surface area contributed by atoms with Crippen molar-refractivity contribution in [2.75, 3.05) is 102 Å². The summed E-state index contributed by atoms with van der Waals surface area (Å²) in [5.74, 6) is 1.97. The molecule has 0 bridgehead atoms. The Balaban J connectivity index is 0.000000215. The fourth-order valence-corrected chi connectivity index (χ4v) is 15.3. The summed E-state index contributed by atoms with van der Waals surface area (Å²) in [5.41, 5.74) is 31.8. The summed E-state index contributed by atoms with van der Waals surface area (Å²) in [6.45, 7) is 4.83. The van der Waals surface area contributed by atoms with Gasteiger partial charge in [0.05, 0.1) is 104 Å². The maximum absolute atomic E-state index is 13.2. The number of carbonyl (C=O) groups excluding carboxylic acids is 2. The Hall–Kier alpha value is -10.0. The molecule has 2 aliphatic carbocycles. The van der Waals surface area contributed by atoms with E-state index in [9.17, 15) is 30.0 Å². The molecule has 111 heavy (non-hydrogen) atoms.